The van der Waals surface area contributed by atoms with Gasteiger partial charge in [0, 0.05) is 18.5 Å². The van der Waals surface area contributed by atoms with Crippen molar-refractivity contribution in [1.82, 2.24) is 36.6 Å². The number of carboxylic acids is 1. The van der Waals surface area contributed by atoms with Gasteiger partial charge in [0.2, 0.25) is 23.6 Å². The second kappa shape index (κ2) is 15.5. The molecule has 4 rings (SSSR count). The summed E-state index contributed by atoms with van der Waals surface area (Å²) in [7, 11) is 0. The number of aliphatic carboxylic acids is 1. The maximum absolute atomic E-state index is 14.2. The molecule has 1 aliphatic rings. The first-order valence-corrected chi connectivity index (χ1v) is 14.9. The van der Waals surface area contributed by atoms with Crippen molar-refractivity contribution in [2.45, 2.75) is 77.0 Å². The number of carbonyl (C=O) groups excluding carboxylic acids is 4. The second-order valence-corrected chi connectivity index (χ2v) is 11.0. The topological polar surface area (TPSA) is 199 Å². The molecule has 0 bridgehead atoms. The smallest absolute Gasteiger partial charge is 0.303 e. The van der Waals surface area contributed by atoms with Gasteiger partial charge in [-0.25, -0.2) is 0 Å². The van der Waals surface area contributed by atoms with Crippen LogP contribution in [0.2, 0.25) is 0 Å². The number of carboxylic acid groups (broad SMARTS) is 1. The third-order valence-corrected chi connectivity index (χ3v) is 7.84. The average Bonchev–Trinajstić information content (AvgIpc) is 3.70. The van der Waals surface area contributed by atoms with E-state index in [-0.39, 0.29) is 56.3 Å². The summed E-state index contributed by atoms with van der Waals surface area (Å²) in [6.45, 7) is 3.71. The summed E-state index contributed by atoms with van der Waals surface area (Å²) in [5.74, 6) is -2.96. The Morgan fingerprint density at radius 2 is 1.78 bits per heavy atom. The number of rotatable bonds is 15. The Kier molecular flexibility index (Phi) is 11.3. The van der Waals surface area contributed by atoms with Crippen molar-refractivity contribution in [1.29, 1.82) is 0 Å². The Labute approximate surface area is 260 Å². The van der Waals surface area contributed by atoms with Gasteiger partial charge in [-0.15, -0.1) is 10.2 Å². The number of para-hydroxylation sites is 1. The lowest BCUT2D eigenvalue weighted by Gasteiger charge is -2.31. The molecule has 3 aromatic rings. The number of nitrogens with one attached hydrogen (secondary N) is 4. The first kappa shape index (κ1) is 32.8. The zero-order chi connectivity index (χ0) is 32.3. The fourth-order valence-electron chi connectivity index (χ4n) is 5.26. The van der Waals surface area contributed by atoms with Crippen molar-refractivity contribution >= 4 is 35.3 Å². The summed E-state index contributed by atoms with van der Waals surface area (Å²) >= 11 is 0. The molecule has 14 heteroatoms. The van der Waals surface area contributed by atoms with Crippen LogP contribution < -0.4 is 20.9 Å². The number of anilines is 1. The Balaban J connectivity index is 1.56. The van der Waals surface area contributed by atoms with Crippen molar-refractivity contribution in [3.63, 3.8) is 0 Å². The number of aromatic amines is 1. The van der Waals surface area contributed by atoms with Gasteiger partial charge in [-0.1, -0.05) is 74.0 Å². The van der Waals surface area contributed by atoms with Crippen LogP contribution >= 0.6 is 0 Å². The van der Waals surface area contributed by atoms with Crippen LogP contribution in [-0.4, -0.2) is 73.5 Å². The van der Waals surface area contributed by atoms with Gasteiger partial charge in [0.15, 0.2) is 5.82 Å². The number of hydrogen-bond donors (Lipinski definition) is 5. The molecule has 14 nitrogen and oxygen atoms in total. The quantitative estimate of drug-likeness (QED) is 0.166. The molecule has 1 aliphatic heterocycles. The molecule has 0 spiro atoms. The Hall–Kier alpha value is -5.14. The zero-order valence-electron chi connectivity index (χ0n) is 25.2. The highest BCUT2D eigenvalue weighted by Gasteiger charge is 2.41. The molecule has 0 fully saturated rings. The summed E-state index contributed by atoms with van der Waals surface area (Å²) < 4.78 is 0. The minimum atomic E-state index is -1.16. The summed E-state index contributed by atoms with van der Waals surface area (Å²) in [5, 5.41) is 31.1. The SMILES string of the molecule is CC[C@H](C)[C@H](NC(=O)Cc1ccccc1)C(=O)NC(CCCC(=O)O)C(=O)N1c2ccccc2C[C@H]1C(=O)NCc1nn[nH]n1. The van der Waals surface area contributed by atoms with E-state index in [2.05, 4.69) is 36.6 Å². The number of nitrogens with zero attached hydrogens (tertiary/aromatic N) is 4. The predicted octanol–water partition coefficient (Wildman–Crippen LogP) is 1.29. The van der Waals surface area contributed by atoms with E-state index in [0.29, 0.717) is 12.1 Å². The summed E-state index contributed by atoms with van der Waals surface area (Å²) in [6, 6.07) is 13.2. The number of tetrazole rings is 1. The standard InChI is InChI=1S/C31H38N8O6/c1-3-19(2)28(34-26(40)16-20-10-5-4-6-11-20)30(44)33-22(13-9-15-27(41)42)31(45)39-23-14-8-7-12-21(23)17-24(39)29(43)32-18-25-35-37-38-36-25/h4-8,10-12,14,19,22,24,28H,3,9,13,15-18H2,1-2H3,(H,32,43)(H,33,44)(H,34,40)(H,41,42)(H,35,36,37,38)/t19-,22?,24-,28-/m0/s1. The zero-order valence-corrected chi connectivity index (χ0v) is 25.2. The van der Waals surface area contributed by atoms with Crippen molar-refractivity contribution in [3.05, 3.63) is 71.5 Å². The van der Waals surface area contributed by atoms with E-state index >= 15 is 0 Å². The molecule has 1 unspecified atom stereocenters. The number of carbonyl (C=O) groups is 5. The molecule has 45 heavy (non-hydrogen) atoms. The van der Waals surface area contributed by atoms with Crippen LogP contribution in [0.1, 0.15) is 56.5 Å². The number of benzene rings is 2. The van der Waals surface area contributed by atoms with Crippen molar-refractivity contribution in [2.24, 2.45) is 5.92 Å². The van der Waals surface area contributed by atoms with E-state index in [1.807, 2.05) is 56.3 Å². The Bertz CT molecular complexity index is 1480. The number of H-pyrrole nitrogens is 1. The highest BCUT2D eigenvalue weighted by Crippen LogP contribution is 2.33. The van der Waals surface area contributed by atoms with Gasteiger partial charge in [0.25, 0.3) is 0 Å². The fraction of sp³-hybridized carbons (Fsp3) is 0.419. The van der Waals surface area contributed by atoms with Crippen molar-refractivity contribution < 1.29 is 29.1 Å². The number of fused-ring (bicyclic) bond motifs is 1. The van der Waals surface area contributed by atoms with Gasteiger partial charge in [-0.2, -0.15) is 5.21 Å². The molecule has 0 saturated carbocycles. The lowest BCUT2D eigenvalue weighted by atomic mass is 9.97. The van der Waals surface area contributed by atoms with E-state index in [1.165, 1.54) is 4.90 Å². The van der Waals surface area contributed by atoms with Crippen LogP contribution in [0.3, 0.4) is 0 Å². The molecular weight excluding hydrogens is 580 g/mol. The van der Waals surface area contributed by atoms with E-state index in [4.69, 9.17) is 0 Å². The summed E-state index contributed by atoms with van der Waals surface area (Å²) in [5.41, 5.74) is 2.08. The highest BCUT2D eigenvalue weighted by molar-refractivity contribution is 6.07. The molecule has 238 valence electrons. The van der Waals surface area contributed by atoms with E-state index < -0.39 is 41.8 Å². The minimum Gasteiger partial charge on any atom is -0.481 e. The van der Waals surface area contributed by atoms with Gasteiger partial charge in [0.1, 0.15) is 18.1 Å². The molecule has 0 saturated heterocycles. The highest BCUT2D eigenvalue weighted by atomic mass is 16.4. The van der Waals surface area contributed by atoms with Crippen LogP contribution in [0.5, 0.6) is 0 Å². The largest absolute Gasteiger partial charge is 0.481 e. The fourth-order valence-corrected chi connectivity index (χ4v) is 5.26. The van der Waals surface area contributed by atoms with Crippen LogP contribution in [0.4, 0.5) is 5.69 Å². The number of amides is 4. The Morgan fingerprint density at radius 3 is 2.47 bits per heavy atom. The molecule has 5 N–H and O–H groups in total. The third kappa shape index (κ3) is 8.71. The summed E-state index contributed by atoms with van der Waals surface area (Å²) in [6.07, 6.45) is 0.785. The third-order valence-electron chi connectivity index (χ3n) is 7.84. The lowest BCUT2D eigenvalue weighted by Crippen LogP contribution is -2.58. The molecule has 0 radical (unpaired) electrons. The van der Waals surface area contributed by atoms with Crippen molar-refractivity contribution in [3.8, 4) is 0 Å². The van der Waals surface area contributed by atoms with Gasteiger partial charge < -0.3 is 21.1 Å². The van der Waals surface area contributed by atoms with Crippen molar-refractivity contribution in [2.75, 3.05) is 4.90 Å². The molecule has 4 amide bonds. The van der Waals surface area contributed by atoms with Crippen LogP contribution in [0, 0.1) is 5.92 Å². The monoisotopic (exact) mass is 618 g/mol. The molecular formula is C31H38N8O6. The number of aromatic nitrogens is 4. The second-order valence-electron chi connectivity index (χ2n) is 11.0. The van der Waals surface area contributed by atoms with Gasteiger partial charge in [0.05, 0.1) is 13.0 Å². The molecule has 0 aliphatic carbocycles. The van der Waals surface area contributed by atoms with Crippen LogP contribution in [0.15, 0.2) is 54.6 Å². The van der Waals surface area contributed by atoms with E-state index in [1.54, 1.807) is 12.1 Å². The predicted molar refractivity (Wildman–Crippen MR) is 162 cm³/mol. The van der Waals surface area contributed by atoms with Gasteiger partial charge >= 0.3 is 5.97 Å². The number of hydrogen-bond acceptors (Lipinski definition) is 8. The summed E-state index contributed by atoms with van der Waals surface area (Å²) in [4.78, 5) is 67.0. The van der Waals surface area contributed by atoms with Gasteiger partial charge in [-0.05, 0) is 36.0 Å². The first-order valence-electron chi connectivity index (χ1n) is 14.9. The normalized spacial score (nSPS) is 15.8. The van der Waals surface area contributed by atoms with Crippen LogP contribution in [0.25, 0.3) is 0 Å². The first-order chi connectivity index (χ1) is 21.7. The lowest BCUT2D eigenvalue weighted by molar-refractivity contribution is -0.137. The average molecular weight is 619 g/mol. The molecule has 2 heterocycles. The van der Waals surface area contributed by atoms with E-state index in [9.17, 15) is 29.1 Å². The molecule has 1 aromatic heterocycles. The Morgan fingerprint density at radius 1 is 1.04 bits per heavy atom. The van der Waals surface area contributed by atoms with E-state index in [0.717, 1.165) is 11.1 Å². The molecule has 4 atom stereocenters. The molecule has 2 aromatic carbocycles. The maximum atomic E-state index is 14.2. The maximum Gasteiger partial charge on any atom is 0.303 e. The van der Waals surface area contributed by atoms with Gasteiger partial charge in [-0.3, -0.25) is 28.9 Å². The minimum absolute atomic E-state index is 0.0117. The van der Waals surface area contributed by atoms with Crippen LogP contribution in [-0.2, 0) is 43.4 Å².